The quantitative estimate of drug-likeness (QED) is 0.614. The summed E-state index contributed by atoms with van der Waals surface area (Å²) in [6.45, 7) is 0. The van der Waals surface area contributed by atoms with E-state index in [2.05, 4.69) is 10.3 Å². The first-order valence-electron chi connectivity index (χ1n) is 8.17. The molecular formula is C19H17ClN2O3S2. The lowest BCUT2D eigenvalue weighted by Crippen LogP contribution is -2.18. The van der Waals surface area contributed by atoms with Crippen LogP contribution in [-0.2, 0) is 20.4 Å². The molecule has 0 aliphatic carbocycles. The van der Waals surface area contributed by atoms with E-state index in [1.807, 2.05) is 23.6 Å². The largest absolute Gasteiger partial charge is 0.302 e. The number of nitrogens with one attached hydrogen (secondary N) is 1. The van der Waals surface area contributed by atoms with Crippen molar-refractivity contribution in [3.8, 4) is 11.3 Å². The minimum atomic E-state index is -3.35. The van der Waals surface area contributed by atoms with E-state index in [-0.39, 0.29) is 23.8 Å². The normalized spacial score (nSPS) is 11.3. The smallest absolute Gasteiger partial charge is 0.227 e. The molecule has 1 aromatic heterocycles. The molecule has 2 aromatic carbocycles. The molecule has 1 heterocycles. The molecule has 0 saturated heterocycles. The van der Waals surface area contributed by atoms with Crippen LogP contribution >= 0.6 is 22.9 Å². The Balaban J connectivity index is 1.54. The fourth-order valence-corrected chi connectivity index (χ4v) is 4.62. The van der Waals surface area contributed by atoms with Crippen LogP contribution in [0.4, 0.5) is 5.13 Å². The Morgan fingerprint density at radius 2 is 1.78 bits per heavy atom. The van der Waals surface area contributed by atoms with Crippen molar-refractivity contribution in [3.05, 3.63) is 70.6 Å². The molecular weight excluding hydrogens is 404 g/mol. The van der Waals surface area contributed by atoms with E-state index in [9.17, 15) is 13.2 Å². The van der Waals surface area contributed by atoms with Gasteiger partial charge in [-0.05, 0) is 17.7 Å². The number of amides is 1. The molecule has 1 amide bonds. The van der Waals surface area contributed by atoms with Crippen LogP contribution in [0.1, 0.15) is 12.0 Å². The van der Waals surface area contributed by atoms with Gasteiger partial charge >= 0.3 is 0 Å². The Labute approximate surface area is 167 Å². The van der Waals surface area contributed by atoms with Gasteiger partial charge in [0, 0.05) is 22.4 Å². The maximum absolute atomic E-state index is 12.2. The van der Waals surface area contributed by atoms with Gasteiger partial charge in [0.2, 0.25) is 5.91 Å². The molecule has 0 saturated carbocycles. The van der Waals surface area contributed by atoms with Gasteiger partial charge in [-0.2, -0.15) is 0 Å². The molecule has 0 unspecified atom stereocenters. The lowest BCUT2D eigenvalue weighted by Gasteiger charge is -2.05. The molecule has 3 rings (SSSR count). The molecule has 0 atom stereocenters. The summed E-state index contributed by atoms with van der Waals surface area (Å²) in [6, 6.07) is 16.2. The molecule has 8 heteroatoms. The van der Waals surface area contributed by atoms with E-state index in [4.69, 9.17) is 11.6 Å². The summed E-state index contributed by atoms with van der Waals surface area (Å²) < 4.78 is 24.3. The average Bonchev–Trinajstić information content (AvgIpc) is 3.10. The summed E-state index contributed by atoms with van der Waals surface area (Å²) >= 11 is 7.16. The highest BCUT2D eigenvalue weighted by atomic mass is 35.5. The third-order valence-electron chi connectivity index (χ3n) is 3.76. The first-order valence-corrected chi connectivity index (χ1v) is 11.2. The summed E-state index contributed by atoms with van der Waals surface area (Å²) in [5.41, 5.74) is 2.33. The monoisotopic (exact) mass is 420 g/mol. The van der Waals surface area contributed by atoms with E-state index in [1.165, 1.54) is 11.3 Å². The molecule has 0 aliphatic heterocycles. The molecule has 0 radical (unpaired) electrons. The average molecular weight is 421 g/mol. The van der Waals surface area contributed by atoms with Crippen molar-refractivity contribution < 1.29 is 13.2 Å². The minimum absolute atomic E-state index is 0.0704. The van der Waals surface area contributed by atoms with Gasteiger partial charge in [0.25, 0.3) is 0 Å². The molecule has 0 bridgehead atoms. The lowest BCUT2D eigenvalue weighted by atomic mass is 10.2. The molecule has 0 aliphatic rings. The van der Waals surface area contributed by atoms with Gasteiger partial charge in [0.1, 0.15) is 0 Å². The van der Waals surface area contributed by atoms with Crippen molar-refractivity contribution in [1.29, 1.82) is 0 Å². The van der Waals surface area contributed by atoms with Crippen LogP contribution in [0.3, 0.4) is 0 Å². The zero-order valence-corrected chi connectivity index (χ0v) is 16.7. The molecule has 1 N–H and O–H groups in total. The zero-order chi connectivity index (χ0) is 19.3. The van der Waals surface area contributed by atoms with Crippen molar-refractivity contribution in [2.75, 3.05) is 11.1 Å². The SMILES string of the molecule is O=C(CCS(=O)(=O)Cc1ccccc1)Nc1nc(-c2ccc(Cl)cc2)cs1. The lowest BCUT2D eigenvalue weighted by molar-refractivity contribution is -0.115. The van der Waals surface area contributed by atoms with Gasteiger partial charge in [-0.15, -0.1) is 11.3 Å². The van der Waals surface area contributed by atoms with Crippen LogP contribution in [-0.4, -0.2) is 25.1 Å². The van der Waals surface area contributed by atoms with Crippen LogP contribution in [0.5, 0.6) is 0 Å². The number of benzene rings is 2. The van der Waals surface area contributed by atoms with Gasteiger partial charge in [-0.25, -0.2) is 13.4 Å². The number of halogens is 1. The molecule has 27 heavy (non-hydrogen) atoms. The van der Waals surface area contributed by atoms with E-state index < -0.39 is 9.84 Å². The van der Waals surface area contributed by atoms with Gasteiger partial charge in [-0.3, -0.25) is 4.79 Å². The zero-order valence-electron chi connectivity index (χ0n) is 14.3. The number of sulfone groups is 1. The van der Waals surface area contributed by atoms with Gasteiger partial charge in [0.05, 0.1) is 17.2 Å². The Kier molecular flexibility index (Phi) is 6.26. The number of aromatic nitrogens is 1. The molecule has 140 valence electrons. The molecule has 3 aromatic rings. The fraction of sp³-hybridized carbons (Fsp3) is 0.158. The first kappa shape index (κ1) is 19.5. The summed E-state index contributed by atoms with van der Waals surface area (Å²) in [5.74, 6) is -0.647. The standard InChI is InChI=1S/C19H17ClN2O3S2/c20-16-8-6-15(7-9-16)17-12-26-19(21-17)22-18(23)10-11-27(24,25)13-14-4-2-1-3-5-14/h1-9,12H,10-11,13H2,(H,21,22,23). The van der Waals surface area contributed by atoms with E-state index in [0.29, 0.717) is 15.7 Å². The second-order valence-corrected chi connectivity index (χ2v) is 9.40. The maximum Gasteiger partial charge on any atom is 0.227 e. The molecule has 5 nitrogen and oxygen atoms in total. The van der Waals surface area contributed by atoms with Gasteiger partial charge < -0.3 is 5.32 Å². The fourth-order valence-electron chi connectivity index (χ4n) is 2.41. The predicted molar refractivity (Wildman–Crippen MR) is 110 cm³/mol. The summed E-state index contributed by atoms with van der Waals surface area (Å²) in [5, 5.41) is 5.56. The number of nitrogens with zero attached hydrogens (tertiary/aromatic N) is 1. The highest BCUT2D eigenvalue weighted by Gasteiger charge is 2.15. The second kappa shape index (κ2) is 8.65. The van der Waals surface area contributed by atoms with Crippen molar-refractivity contribution in [1.82, 2.24) is 4.98 Å². The van der Waals surface area contributed by atoms with E-state index >= 15 is 0 Å². The Hall–Kier alpha value is -2.22. The third-order valence-corrected chi connectivity index (χ3v) is 6.37. The Morgan fingerprint density at radius 1 is 1.07 bits per heavy atom. The Morgan fingerprint density at radius 3 is 2.48 bits per heavy atom. The highest BCUT2D eigenvalue weighted by molar-refractivity contribution is 7.90. The summed E-state index contributed by atoms with van der Waals surface area (Å²) in [6.07, 6.45) is -0.106. The van der Waals surface area contributed by atoms with Gasteiger partial charge in [-0.1, -0.05) is 54.1 Å². The maximum atomic E-state index is 12.2. The van der Waals surface area contributed by atoms with Crippen molar-refractivity contribution in [3.63, 3.8) is 0 Å². The van der Waals surface area contributed by atoms with Crippen molar-refractivity contribution in [2.24, 2.45) is 0 Å². The third kappa shape index (κ3) is 5.89. The highest BCUT2D eigenvalue weighted by Crippen LogP contribution is 2.26. The number of anilines is 1. The van der Waals surface area contributed by atoms with E-state index in [1.54, 1.807) is 36.4 Å². The number of hydrogen-bond donors (Lipinski definition) is 1. The van der Waals surface area contributed by atoms with Crippen molar-refractivity contribution in [2.45, 2.75) is 12.2 Å². The molecule has 0 fully saturated rings. The van der Waals surface area contributed by atoms with Crippen LogP contribution in [0, 0.1) is 0 Å². The van der Waals surface area contributed by atoms with Crippen molar-refractivity contribution >= 4 is 43.8 Å². The van der Waals surface area contributed by atoms with Crippen LogP contribution in [0.25, 0.3) is 11.3 Å². The predicted octanol–water partition coefficient (Wildman–Crippen LogP) is 4.41. The number of carbonyl (C=O) groups is 1. The van der Waals surface area contributed by atoms with Crippen LogP contribution < -0.4 is 5.32 Å². The summed E-state index contributed by atoms with van der Waals surface area (Å²) in [4.78, 5) is 16.4. The van der Waals surface area contributed by atoms with Gasteiger partial charge in [0.15, 0.2) is 15.0 Å². The summed E-state index contributed by atoms with van der Waals surface area (Å²) in [7, 11) is -3.35. The number of carbonyl (C=O) groups excluding carboxylic acids is 1. The van der Waals surface area contributed by atoms with Crippen LogP contribution in [0.15, 0.2) is 60.0 Å². The number of thiazole rings is 1. The number of rotatable bonds is 7. The second-order valence-electron chi connectivity index (χ2n) is 5.92. The first-order chi connectivity index (χ1) is 12.9. The molecule has 0 spiro atoms. The van der Waals surface area contributed by atoms with E-state index in [0.717, 1.165) is 11.3 Å². The number of hydrogen-bond acceptors (Lipinski definition) is 5. The minimum Gasteiger partial charge on any atom is -0.302 e. The van der Waals surface area contributed by atoms with Crippen LogP contribution in [0.2, 0.25) is 5.02 Å². The Bertz CT molecular complexity index is 1020. The topological polar surface area (TPSA) is 76.1 Å².